The first-order chi connectivity index (χ1) is 10.2. The average molecular weight is 288 g/mol. The van der Waals surface area contributed by atoms with Crippen molar-refractivity contribution in [3.63, 3.8) is 0 Å². The maximum Gasteiger partial charge on any atom is 0.272 e. The van der Waals surface area contributed by atoms with Gasteiger partial charge in [-0.15, -0.1) is 6.42 Å². The highest BCUT2D eigenvalue weighted by Gasteiger charge is 2.12. The second-order valence-corrected chi connectivity index (χ2v) is 4.25. The summed E-state index contributed by atoms with van der Waals surface area (Å²) in [6, 6.07) is 14.4. The molecule has 0 fully saturated rings. The van der Waals surface area contributed by atoms with E-state index in [9.17, 15) is 8.78 Å². The fraction of sp³-hybridized carbons (Fsp3) is 0.176. The molecule has 2 rings (SSSR count). The molecule has 0 spiro atoms. The van der Waals surface area contributed by atoms with Crippen LogP contribution in [0.3, 0.4) is 0 Å². The summed E-state index contributed by atoms with van der Waals surface area (Å²) in [5.74, 6) is 3.00. The summed E-state index contributed by atoms with van der Waals surface area (Å²) >= 11 is 0. The van der Waals surface area contributed by atoms with E-state index >= 15 is 0 Å². The molecule has 108 valence electrons. The summed E-state index contributed by atoms with van der Waals surface area (Å²) < 4.78 is 35.3. The van der Waals surface area contributed by atoms with Crippen LogP contribution in [0.15, 0.2) is 48.5 Å². The number of para-hydroxylation sites is 1. The van der Waals surface area contributed by atoms with Gasteiger partial charge in [-0.05, 0) is 17.7 Å². The minimum atomic E-state index is -2.55. The molecule has 0 radical (unpaired) electrons. The standard InChI is InChI=1S/C17H14F2O2/c1-2-14-9-6-10-15(20-12-16(18)19)17(14)21-11-13-7-4-3-5-8-13/h1,3-10,16H,11-12H2. The van der Waals surface area contributed by atoms with Gasteiger partial charge in [0, 0.05) is 0 Å². The molecule has 0 bridgehead atoms. The van der Waals surface area contributed by atoms with Crippen LogP contribution in [0.5, 0.6) is 11.5 Å². The lowest BCUT2D eigenvalue weighted by molar-refractivity contribution is 0.0797. The van der Waals surface area contributed by atoms with Crippen LogP contribution in [0.4, 0.5) is 8.78 Å². The van der Waals surface area contributed by atoms with Crippen molar-refractivity contribution in [1.82, 2.24) is 0 Å². The van der Waals surface area contributed by atoms with Crippen LogP contribution >= 0.6 is 0 Å². The van der Waals surface area contributed by atoms with Crippen molar-refractivity contribution >= 4 is 0 Å². The number of alkyl halides is 2. The first kappa shape index (κ1) is 14.9. The third-order valence-electron chi connectivity index (χ3n) is 2.73. The SMILES string of the molecule is C#Cc1cccc(OCC(F)F)c1OCc1ccccc1. The number of ether oxygens (including phenoxy) is 2. The van der Waals surface area contributed by atoms with Crippen molar-refractivity contribution in [3.8, 4) is 23.8 Å². The van der Waals surface area contributed by atoms with E-state index in [1.54, 1.807) is 18.2 Å². The number of hydrogen-bond acceptors (Lipinski definition) is 2. The molecule has 2 nitrogen and oxygen atoms in total. The van der Waals surface area contributed by atoms with Gasteiger partial charge in [-0.1, -0.05) is 42.3 Å². The third kappa shape index (κ3) is 4.22. The van der Waals surface area contributed by atoms with E-state index in [-0.39, 0.29) is 12.4 Å². The lowest BCUT2D eigenvalue weighted by atomic mass is 10.2. The van der Waals surface area contributed by atoms with Crippen molar-refractivity contribution in [1.29, 1.82) is 0 Å². The molecule has 0 aliphatic rings. The van der Waals surface area contributed by atoms with Gasteiger partial charge >= 0.3 is 0 Å². The van der Waals surface area contributed by atoms with E-state index in [2.05, 4.69) is 5.92 Å². The van der Waals surface area contributed by atoms with E-state index in [0.717, 1.165) is 5.56 Å². The molecule has 2 aromatic carbocycles. The molecule has 2 aromatic rings. The third-order valence-corrected chi connectivity index (χ3v) is 2.73. The molecule has 0 atom stereocenters. The zero-order valence-corrected chi connectivity index (χ0v) is 11.3. The molecular formula is C17H14F2O2. The summed E-state index contributed by atoms with van der Waals surface area (Å²) in [7, 11) is 0. The molecule has 4 heteroatoms. The quantitative estimate of drug-likeness (QED) is 0.751. The molecule has 0 N–H and O–H groups in total. The van der Waals surface area contributed by atoms with E-state index < -0.39 is 13.0 Å². The van der Waals surface area contributed by atoms with Gasteiger partial charge in [0.2, 0.25) is 0 Å². The fourth-order valence-corrected chi connectivity index (χ4v) is 1.77. The van der Waals surface area contributed by atoms with Gasteiger partial charge in [-0.3, -0.25) is 0 Å². The smallest absolute Gasteiger partial charge is 0.272 e. The predicted octanol–water partition coefficient (Wildman–Crippen LogP) is 3.89. The largest absolute Gasteiger partial charge is 0.484 e. The number of halogens is 2. The van der Waals surface area contributed by atoms with Crippen LogP contribution in [-0.4, -0.2) is 13.0 Å². The van der Waals surface area contributed by atoms with E-state index in [0.29, 0.717) is 11.3 Å². The topological polar surface area (TPSA) is 18.5 Å². The Labute approximate surface area is 122 Å². The van der Waals surface area contributed by atoms with Gasteiger partial charge in [0.15, 0.2) is 11.5 Å². The number of hydrogen-bond donors (Lipinski definition) is 0. The minimum Gasteiger partial charge on any atom is -0.484 e. The van der Waals surface area contributed by atoms with Gasteiger partial charge in [-0.2, -0.15) is 0 Å². The van der Waals surface area contributed by atoms with Crippen molar-refractivity contribution in [3.05, 3.63) is 59.7 Å². The van der Waals surface area contributed by atoms with Crippen LogP contribution in [0.1, 0.15) is 11.1 Å². The Morgan fingerprint density at radius 2 is 1.76 bits per heavy atom. The molecule has 21 heavy (non-hydrogen) atoms. The molecule has 0 saturated heterocycles. The molecule has 0 heterocycles. The minimum absolute atomic E-state index is 0.224. The average Bonchev–Trinajstić information content (AvgIpc) is 2.52. The Hall–Kier alpha value is -2.54. The van der Waals surface area contributed by atoms with Gasteiger partial charge in [0.05, 0.1) is 5.56 Å². The number of benzene rings is 2. The summed E-state index contributed by atoms with van der Waals surface area (Å²) in [6.45, 7) is -0.416. The summed E-state index contributed by atoms with van der Waals surface area (Å²) in [4.78, 5) is 0. The molecule has 0 amide bonds. The number of rotatable bonds is 6. The Kier molecular flexibility index (Phi) is 5.16. The van der Waals surface area contributed by atoms with E-state index in [4.69, 9.17) is 15.9 Å². The Morgan fingerprint density at radius 1 is 1.00 bits per heavy atom. The van der Waals surface area contributed by atoms with Crippen LogP contribution in [-0.2, 0) is 6.61 Å². The Bertz CT molecular complexity index is 618. The van der Waals surface area contributed by atoms with Gasteiger partial charge < -0.3 is 9.47 Å². The highest BCUT2D eigenvalue weighted by molar-refractivity contribution is 5.53. The van der Waals surface area contributed by atoms with Gasteiger partial charge in [0.25, 0.3) is 6.43 Å². The van der Waals surface area contributed by atoms with Crippen molar-refractivity contribution in [2.24, 2.45) is 0 Å². The van der Waals surface area contributed by atoms with Crippen molar-refractivity contribution in [2.45, 2.75) is 13.0 Å². The molecule has 0 aliphatic carbocycles. The molecule has 0 saturated carbocycles. The van der Waals surface area contributed by atoms with Crippen LogP contribution in [0.2, 0.25) is 0 Å². The first-order valence-corrected chi connectivity index (χ1v) is 6.38. The van der Waals surface area contributed by atoms with Gasteiger partial charge in [0.1, 0.15) is 13.2 Å². The normalized spacial score (nSPS) is 10.2. The lowest BCUT2D eigenvalue weighted by Crippen LogP contribution is -2.09. The van der Waals surface area contributed by atoms with Crippen LogP contribution in [0.25, 0.3) is 0 Å². The van der Waals surface area contributed by atoms with Gasteiger partial charge in [-0.25, -0.2) is 8.78 Å². The maximum absolute atomic E-state index is 12.3. The second kappa shape index (κ2) is 7.30. The molecular weight excluding hydrogens is 274 g/mol. The van der Waals surface area contributed by atoms with Crippen LogP contribution < -0.4 is 9.47 Å². The molecule has 0 aliphatic heterocycles. The molecule has 0 aromatic heterocycles. The maximum atomic E-state index is 12.3. The highest BCUT2D eigenvalue weighted by Crippen LogP contribution is 2.31. The zero-order chi connectivity index (χ0) is 15.1. The fourth-order valence-electron chi connectivity index (χ4n) is 1.77. The Balaban J connectivity index is 2.17. The molecule has 0 unspecified atom stereocenters. The Morgan fingerprint density at radius 3 is 2.43 bits per heavy atom. The summed E-state index contributed by atoms with van der Waals surface area (Å²) in [5.41, 5.74) is 1.42. The van der Waals surface area contributed by atoms with Crippen molar-refractivity contribution in [2.75, 3.05) is 6.61 Å². The van der Waals surface area contributed by atoms with Crippen LogP contribution in [0, 0.1) is 12.3 Å². The summed E-state index contributed by atoms with van der Waals surface area (Å²) in [6.07, 6.45) is 2.86. The lowest BCUT2D eigenvalue weighted by Gasteiger charge is -2.14. The highest BCUT2D eigenvalue weighted by atomic mass is 19.3. The monoisotopic (exact) mass is 288 g/mol. The second-order valence-electron chi connectivity index (χ2n) is 4.25. The number of terminal acetylenes is 1. The first-order valence-electron chi connectivity index (χ1n) is 6.38. The van der Waals surface area contributed by atoms with Crippen molar-refractivity contribution < 1.29 is 18.3 Å². The van der Waals surface area contributed by atoms with E-state index in [1.165, 1.54) is 0 Å². The zero-order valence-electron chi connectivity index (χ0n) is 11.3. The predicted molar refractivity (Wildman–Crippen MR) is 76.7 cm³/mol. The van der Waals surface area contributed by atoms with E-state index in [1.807, 2.05) is 30.3 Å². The summed E-state index contributed by atoms with van der Waals surface area (Å²) in [5, 5.41) is 0.